The van der Waals surface area contributed by atoms with Crippen molar-refractivity contribution in [3.8, 4) is 5.75 Å². The lowest BCUT2D eigenvalue weighted by Gasteiger charge is -2.33. The van der Waals surface area contributed by atoms with E-state index in [0.29, 0.717) is 19.8 Å². The van der Waals surface area contributed by atoms with Gasteiger partial charge in [0.15, 0.2) is 5.96 Å². The Hall–Kier alpha value is -1.76. The molecule has 26 heavy (non-hydrogen) atoms. The van der Waals surface area contributed by atoms with Crippen molar-refractivity contribution in [2.24, 2.45) is 10.9 Å². The molecule has 1 aromatic rings. The molecule has 0 spiro atoms. The second-order valence-corrected chi connectivity index (χ2v) is 6.97. The summed E-state index contributed by atoms with van der Waals surface area (Å²) in [4.78, 5) is 18.7. The van der Waals surface area contributed by atoms with Gasteiger partial charge >= 0.3 is 5.97 Å². The van der Waals surface area contributed by atoms with Crippen molar-refractivity contribution < 1.29 is 14.3 Å². The van der Waals surface area contributed by atoms with Crippen LogP contribution in [0.4, 0.5) is 0 Å². The van der Waals surface area contributed by atoms with E-state index in [2.05, 4.69) is 38.1 Å². The molecular weight excluding hydrogens is 398 g/mol. The second-order valence-electron chi connectivity index (χ2n) is 6.05. The van der Waals surface area contributed by atoms with Gasteiger partial charge in [-0.2, -0.15) is 0 Å². The number of esters is 1. The number of guanidine groups is 1. The average molecular weight is 426 g/mol. The molecule has 0 bridgehead atoms. The number of carbonyl (C=O) groups excluding carboxylic acids is 1. The van der Waals surface area contributed by atoms with Crippen LogP contribution in [0.5, 0.6) is 5.75 Å². The number of rotatable bonds is 7. The minimum atomic E-state index is -0.0727. The summed E-state index contributed by atoms with van der Waals surface area (Å²) in [5.41, 5.74) is 0. The summed E-state index contributed by atoms with van der Waals surface area (Å²) in [5, 5.41) is 3.33. The number of nitrogens with one attached hydrogen (secondary N) is 1. The molecule has 1 aliphatic rings. The molecule has 1 aliphatic heterocycles. The van der Waals surface area contributed by atoms with Crippen molar-refractivity contribution in [1.82, 2.24) is 10.2 Å². The Labute approximate surface area is 164 Å². The third-order valence-electron chi connectivity index (χ3n) is 4.17. The van der Waals surface area contributed by atoms with E-state index in [4.69, 9.17) is 9.47 Å². The lowest BCUT2D eigenvalue weighted by molar-refractivity contribution is -0.149. The molecule has 1 fully saturated rings. The monoisotopic (exact) mass is 425 g/mol. The minimum Gasteiger partial charge on any atom is -0.492 e. The molecule has 1 heterocycles. The van der Waals surface area contributed by atoms with Gasteiger partial charge in [-0.25, -0.2) is 4.99 Å². The van der Waals surface area contributed by atoms with Gasteiger partial charge in [-0.15, -0.1) is 0 Å². The average Bonchev–Trinajstić information content (AvgIpc) is 2.65. The Morgan fingerprint density at radius 1 is 1.35 bits per heavy atom. The molecule has 1 N–H and O–H groups in total. The van der Waals surface area contributed by atoms with Crippen molar-refractivity contribution in [2.75, 3.05) is 39.4 Å². The number of nitrogens with zero attached hydrogens (tertiary/aromatic N) is 2. The summed E-state index contributed by atoms with van der Waals surface area (Å²) in [5.74, 6) is 1.65. The number of benzene rings is 1. The van der Waals surface area contributed by atoms with E-state index in [1.807, 2.05) is 31.2 Å². The van der Waals surface area contributed by atoms with E-state index in [-0.39, 0.29) is 11.9 Å². The van der Waals surface area contributed by atoms with Crippen LogP contribution in [0.25, 0.3) is 0 Å². The maximum Gasteiger partial charge on any atom is 0.309 e. The van der Waals surface area contributed by atoms with E-state index >= 15 is 0 Å². The van der Waals surface area contributed by atoms with E-state index in [9.17, 15) is 4.79 Å². The summed E-state index contributed by atoms with van der Waals surface area (Å²) < 4.78 is 11.9. The molecule has 7 heteroatoms. The highest BCUT2D eigenvalue weighted by atomic mass is 79.9. The molecule has 1 saturated heterocycles. The van der Waals surface area contributed by atoms with Crippen LogP contribution in [0.3, 0.4) is 0 Å². The first-order valence-electron chi connectivity index (χ1n) is 9.22. The van der Waals surface area contributed by atoms with Gasteiger partial charge in [-0.05, 0) is 44.9 Å². The third kappa shape index (κ3) is 6.52. The highest BCUT2D eigenvalue weighted by molar-refractivity contribution is 9.10. The van der Waals surface area contributed by atoms with E-state index in [0.717, 1.165) is 48.7 Å². The lowest BCUT2D eigenvalue weighted by Crippen LogP contribution is -2.46. The zero-order valence-corrected chi connectivity index (χ0v) is 17.1. The fourth-order valence-corrected chi connectivity index (χ4v) is 3.26. The Morgan fingerprint density at radius 3 is 2.77 bits per heavy atom. The van der Waals surface area contributed by atoms with Gasteiger partial charge in [0.25, 0.3) is 0 Å². The van der Waals surface area contributed by atoms with Crippen molar-refractivity contribution in [1.29, 1.82) is 0 Å². The van der Waals surface area contributed by atoms with Crippen LogP contribution < -0.4 is 10.1 Å². The predicted molar refractivity (Wildman–Crippen MR) is 107 cm³/mol. The largest absolute Gasteiger partial charge is 0.492 e. The van der Waals surface area contributed by atoms with Crippen LogP contribution in [0.15, 0.2) is 33.7 Å². The molecule has 2 rings (SSSR count). The van der Waals surface area contributed by atoms with Gasteiger partial charge < -0.3 is 19.7 Å². The Kier molecular flexibility index (Phi) is 8.74. The molecule has 6 nitrogen and oxygen atoms in total. The van der Waals surface area contributed by atoms with Crippen LogP contribution in [-0.4, -0.2) is 56.2 Å². The summed E-state index contributed by atoms with van der Waals surface area (Å²) in [7, 11) is 0. The summed E-state index contributed by atoms with van der Waals surface area (Å²) in [6.45, 7) is 7.86. The zero-order valence-electron chi connectivity index (χ0n) is 15.5. The fourth-order valence-electron chi connectivity index (χ4n) is 2.88. The van der Waals surface area contributed by atoms with E-state index < -0.39 is 0 Å². The molecule has 1 aromatic carbocycles. The molecule has 0 atom stereocenters. The smallest absolute Gasteiger partial charge is 0.309 e. The molecule has 0 unspecified atom stereocenters. The third-order valence-corrected chi connectivity index (χ3v) is 4.66. The van der Waals surface area contributed by atoms with Crippen molar-refractivity contribution in [3.63, 3.8) is 0 Å². The molecule has 0 aromatic heterocycles. The van der Waals surface area contributed by atoms with Gasteiger partial charge in [0.05, 0.1) is 19.1 Å². The number of hydrogen-bond donors (Lipinski definition) is 1. The van der Waals surface area contributed by atoms with Gasteiger partial charge in [0.2, 0.25) is 0 Å². The highest BCUT2D eigenvalue weighted by Gasteiger charge is 2.27. The summed E-state index contributed by atoms with van der Waals surface area (Å²) in [6.07, 6.45) is 1.61. The Bertz CT molecular complexity index is 601. The molecule has 0 amide bonds. The van der Waals surface area contributed by atoms with Crippen LogP contribution in [0.2, 0.25) is 0 Å². The number of hydrogen-bond acceptors (Lipinski definition) is 4. The van der Waals surface area contributed by atoms with Gasteiger partial charge in [0.1, 0.15) is 12.4 Å². The molecular formula is C19H28BrN3O3. The summed E-state index contributed by atoms with van der Waals surface area (Å²) in [6, 6.07) is 7.78. The predicted octanol–water partition coefficient (Wildman–Crippen LogP) is 3.07. The number of ether oxygens (including phenoxy) is 2. The number of aliphatic imine (C=N–C) groups is 1. The van der Waals surface area contributed by atoms with Gasteiger partial charge in [0, 0.05) is 24.1 Å². The number of carbonyl (C=O) groups is 1. The second kappa shape index (κ2) is 11.1. The zero-order chi connectivity index (χ0) is 18.8. The normalized spacial score (nSPS) is 15.7. The van der Waals surface area contributed by atoms with Crippen molar-refractivity contribution >= 4 is 27.9 Å². The van der Waals surface area contributed by atoms with Crippen LogP contribution >= 0.6 is 15.9 Å². The maximum absolute atomic E-state index is 11.9. The van der Waals surface area contributed by atoms with E-state index in [1.165, 1.54) is 0 Å². The molecule has 0 radical (unpaired) electrons. The van der Waals surface area contributed by atoms with Crippen molar-refractivity contribution in [3.05, 3.63) is 28.7 Å². The highest BCUT2D eigenvalue weighted by Crippen LogP contribution is 2.19. The standard InChI is InChI=1S/C19H28BrN3O3/c1-3-21-19(22-10-13-26-17-7-5-6-16(20)14-17)23-11-8-15(9-12-23)18(24)25-4-2/h5-7,14-15H,3-4,8-13H2,1-2H3,(H,21,22). The molecule has 144 valence electrons. The van der Waals surface area contributed by atoms with E-state index in [1.54, 1.807) is 0 Å². The number of likely N-dealkylation sites (tertiary alicyclic amines) is 1. The van der Waals surface area contributed by atoms with Crippen LogP contribution in [-0.2, 0) is 9.53 Å². The fraction of sp³-hybridized carbons (Fsp3) is 0.579. The first-order valence-corrected chi connectivity index (χ1v) is 10.0. The summed E-state index contributed by atoms with van der Waals surface area (Å²) >= 11 is 3.43. The number of halogens is 1. The first-order chi connectivity index (χ1) is 12.6. The quantitative estimate of drug-likeness (QED) is 0.314. The topological polar surface area (TPSA) is 63.2 Å². The van der Waals surface area contributed by atoms with Gasteiger partial charge in [-0.3, -0.25) is 4.79 Å². The van der Waals surface area contributed by atoms with Crippen molar-refractivity contribution in [2.45, 2.75) is 26.7 Å². The minimum absolute atomic E-state index is 0.00828. The first kappa shape index (κ1) is 20.6. The maximum atomic E-state index is 11.9. The molecule has 0 saturated carbocycles. The van der Waals surface area contributed by atoms with Gasteiger partial charge in [-0.1, -0.05) is 22.0 Å². The number of piperidine rings is 1. The van der Waals surface area contributed by atoms with Crippen LogP contribution in [0.1, 0.15) is 26.7 Å². The Balaban J connectivity index is 1.82. The lowest BCUT2D eigenvalue weighted by atomic mass is 9.97. The Morgan fingerprint density at radius 2 is 2.12 bits per heavy atom. The SMILES string of the molecule is CCNC(=NCCOc1cccc(Br)c1)N1CCC(C(=O)OCC)CC1. The molecule has 0 aliphatic carbocycles. The van der Waals surface area contributed by atoms with Crippen LogP contribution in [0, 0.1) is 5.92 Å².